The van der Waals surface area contributed by atoms with E-state index in [1.165, 1.54) is 51.4 Å². The van der Waals surface area contributed by atoms with Crippen LogP contribution in [0.5, 0.6) is 0 Å². The van der Waals surface area contributed by atoms with Crippen LogP contribution in [0, 0.1) is 17.8 Å². The van der Waals surface area contributed by atoms with Gasteiger partial charge >= 0.3 is 0 Å². The van der Waals surface area contributed by atoms with Crippen molar-refractivity contribution in [3.8, 4) is 0 Å². The summed E-state index contributed by atoms with van der Waals surface area (Å²) in [5, 5.41) is 0. The molecule has 1 heteroatoms. The monoisotopic (exact) mass is 218 g/mol. The zero-order valence-corrected chi connectivity index (χ0v) is 10.3. The van der Waals surface area contributed by atoms with Gasteiger partial charge in [-0.1, -0.05) is 17.6 Å². The van der Waals surface area contributed by atoms with Crippen LogP contribution in [0.1, 0.15) is 58.3 Å². The average molecular weight is 218 g/mol. The molecule has 0 aromatic rings. The van der Waals surface area contributed by atoms with Gasteiger partial charge in [-0.05, 0) is 63.7 Å². The third-order valence-corrected chi connectivity index (χ3v) is 5.08. The van der Waals surface area contributed by atoms with Crippen molar-refractivity contribution in [3.05, 3.63) is 11.1 Å². The second kappa shape index (κ2) is 4.01. The summed E-state index contributed by atoms with van der Waals surface area (Å²) >= 11 is 0. The molecule has 3 atom stereocenters. The molecule has 3 aliphatic rings. The highest BCUT2D eigenvalue weighted by Gasteiger charge is 2.46. The highest BCUT2D eigenvalue weighted by molar-refractivity contribution is 5.80. The summed E-state index contributed by atoms with van der Waals surface area (Å²) in [5.74, 6) is 2.30. The van der Waals surface area contributed by atoms with E-state index in [1.807, 2.05) is 0 Å². The molecule has 0 N–H and O–H groups in total. The van der Waals surface area contributed by atoms with Crippen LogP contribution in [0.4, 0.5) is 0 Å². The lowest BCUT2D eigenvalue weighted by Crippen LogP contribution is -2.18. The third kappa shape index (κ3) is 1.56. The fraction of sp³-hybridized carbons (Fsp3) is 0.800. The number of rotatable bonds is 1. The zero-order chi connectivity index (χ0) is 11.1. The van der Waals surface area contributed by atoms with Crippen LogP contribution in [0.25, 0.3) is 0 Å². The van der Waals surface area contributed by atoms with Gasteiger partial charge in [0.25, 0.3) is 0 Å². The van der Waals surface area contributed by atoms with Gasteiger partial charge < -0.3 is 0 Å². The lowest BCUT2D eigenvalue weighted by Gasteiger charge is -2.20. The SMILES string of the molecule is CC(=O)C1CC2CCC1C2=C1CCCCC1. The van der Waals surface area contributed by atoms with Crippen molar-refractivity contribution in [1.29, 1.82) is 0 Å². The van der Waals surface area contributed by atoms with Gasteiger partial charge in [0, 0.05) is 5.92 Å². The first kappa shape index (κ1) is 10.6. The predicted octanol–water partition coefficient (Wildman–Crippen LogP) is 3.88. The van der Waals surface area contributed by atoms with Crippen molar-refractivity contribution in [1.82, 2.24) is 0 Å². The van der Waals surface area contributed by atoms with E-state index < -0.39 is 0 Å². The van der Waals surface area contributed by atoms with Crippen LogP contribution in [0.3, 0.4) is 0 Å². The smallest absolute Gasteiger partial charge is 0.133 e. The number of hydrogen-bond donors (Lipinski definition) is 0. The van der Waals surface area contributed by atoms with E-state index in [-0.39, 0.29) is 0 Å². The van der Waals surface area contributed by atoms with Crippen molar-refractivity contribution in [3.63, 3.8) is 0 Å². The maximum atomic E-state index is 11.6. The normalized spacial score (nSPS) is 38.2. The van der Waals surface area contributed by atoms with Crippen LogP contribution in [0.2, 0.25) is 0 Å². The number of carbonyl (C=O) groups is 1. The predicted molar refractivity (Wildman–Crippen MR) is 65.1 cm³/mol. The number of allylic oxidation sites excluding steroid dienone is 2. The molecule has 3 unspecified atom stereocenters. The van der Waals surface area contributed by atoms with Crippen molar-refractivity contribution in [2.24, 2.45) is 17.8 Å². The van der Waals surface area contributed by atoms with E-state index in [4.69, 9.17) is 0 Å². The van der Waals surface area contributed by atoms with E-state index in [0.29, 0.717) is 17.6 Å². The molecule has 0 radical (unpaired) electrons. The molecule has 1 nitrogen and oxygen atoms in total. The Morgan fingerprint density at radius 1 is 1.12 bits per heavy atom. The Bertz CT molecular complexity index is 331. The van der Waals surface area contributed by atoms with E-state index in [0.717, 1.165) is 5.92 Å². The number of ketones is 1. The van der Waals surface area contributed by atoms with Crippen LogP contribution in [0.15, 0.2) is 11.1 Å². The topological polar surface area (TPSA) is 17.1 Å². The molecular formula is C15H22O. The Hall–Kier alpha value is -0.590. The molecule has 88 valence electrons. The van der Waals surface area contributed by atoms with Crippen molar-refractivity contribution >= 4 is 5.78 Å². The molecule has 2 bridgehead atoms. The summed E-state index contributed by atoms with van der Waals surface area (Å²) in [6, 6.07) is 0. The number of Topliss-reactive ketones (excluding diaryl/α,β-unsaturated/α-hetero) is 1. The minimum absolute atomic E-state index is 0.392. The van der Waals surface area contributed by atoms with E-state index >= 15 is 0 Å². The zero-order valence-electron chi connectivity index (χ0n) is 10.3. The number of fused-ring (bicyclic) bond motifs is 2. The first-order valence-electron chi connectivity index (χ1n) is 6.99. The fourth-order valence-electron chi connectivity index (χ4n) is 4.40. The van der Waals surface area contributed by atoms with Crippen molar-refractivity contribution in [2.45, 2.75) is 58.3 Å². The highest BCUT2D eigenvalue weighted by Crippen LogP contribution is 2.55. The summed E-state index contributed by atoms with van der Waals surface area (Å²) in [6.45, 7) is 1.80. The molecule has 0 aliphatic heterocycles. The quantitative estimate of drug-likeness (QED) is 0.610. The van der Waals surface area contributed by atoms with Gasteiger partial charge in [-0.3, -0.25) is 4.79 Å². The molecule has 16 heavy (non-hydrogen) atoms. The average Bonchev–Trinajstić information content (AvgIpc) is 2.87. The molecule has 0 aromatic carbocycles. The van der Waals surface area contributed by atoms with E-state index in [1.54, 1.807) is 18.1 Å². The third-order valence-electron chi connectivity index (χ3n) is 5.08. The highest BCUT2D eigenvalue weighted by atomic mass is 16.1. The van der Waals surface area contributed by atoms with Gasteiger partial charge in [0.15, 0.2) is 0 Å². The molecular weight excluding hydrogens is 196 g/mol. The molecule has 0 spiro atoms. The first-order valence-corrected chi connectivity index (χ1v) is 6.99. The van der Waals surface area contributed by atoms with Crippen LogP contribution in [-0.4, -0.2) is 5.78 Å². The van der Waals surface area contributed by atoms with Gasteiger partial charge in [-0.2, -0.15) is 0 Å². The van der Waals surface area contributed by atoms with Crippen LogP contribution < -0.4 is 0 Å². The van der Waals surface area contributed by atoms with Crippen molar-refractivity contribution in [2.75, 3.05) is 0 Å². The molecule has 0 amide bonds. The number of carbonyl (C=O) groups excluding carboxylic acids is 1. The molecule has 3 rings (SSSR count). The molecule has 0 heterocycles. The van der Waals surface area contributed by atoms with Gasteiger partial charge in [-0.15, -0.1) is 0 Å². The maximum Gasteiger partial charge on any atom is 0.133 e. The number of hydrogen-bond acceptors (Lipinski definition) is 1. The minimum atomic E-state index is 0.392. The Morgan fingerprint density at radius 3 is 2.50 bits per heavy atom. The lowest BCUT2D eigenvalue weighted by molar-refractivity contribution is -0.122. The molecule has 3 saturated carbocycles. The van der Waals surface area contributed by atoms with Crippen LogP contribution >= 0.6 is 0 Å². The van der Waals surface area contributed by atoms with E-state index in [2.05, 4.69) is 0 Å². The largest absolute Gasteiger partial charge is 0.300 e. The Morgan fingerprint density at radius 2 is 1.88 bits per heavy atom. The second-order valence-corrected chi connectivity index (χ2v) is 5.95. The molecule has 3 aliphatic carbocycles. The Kier molecular flexibility index (Phi) is 2.65. The van der Waals surface area contributed by atoms with Gasteiger partial charge in [0.2, 0.25) is 0 Å². The Balaban J connectivity index is 1.89. The summed E-state index contributed by atoms with van der Waals surface area (Å²) in [5.41, 5.74) is 3.53. The standard InChI is InChI=1S/C15H22O/c1-10(16)14-9-12-7-8-13(14)15(12)11-5-3-2-4-6-11/h12-14H,2-9H2,1H3. The summed E-state index contributed by atoms with van der Waals surface area (Å²) in [6.07, 6.45) is 10.7. The van der Waals surface area contributed by atoms with Crippen LogP contribution in [-0.2, 0) is 4.79 Å². The second-order valence-electron chi connectivity index (χ2n) is 5.95. The minimum Gasteiger partial charge on any atom is -0.300 e. The summed E-state index contributed by atoms with van der Waals surface area (Å²) < 4.78 is 0. The van der Waals surface area contributed by atoms with Gasteiger partial charge in [0.1, 0.15) is 5.78 Å². The fourth-order valence-corrected chi connectivity index (χ4v) is 4.40. The van der Waals surface area contributed by atoms with Gasteiger partial charge in [-0.25, -0.2) is 0 Å². The first-order chi connectivity index (χ1) is 7.77. The molecule has 0 aromatic heterocycles. The lowest BCUT2D eigenvalue weighted by atomic mass is 9.84. The van der Waals surface area contributed by atoms with E-state index in [9.17, 15) is 4.79 Å². The molecule has 0 saturated heterocycles. The van der Waals surface area contributed by atoms with Gasteiger partial charge in [0.05, 0.1) is 0 Å². The summed E-state index contributed by atoms with van der Waals surface area (Å²) in [7, 11) is 0. The summed E-state index contributed by atoms with van der Waals surface area (Å²) in [4.78, 5) is 11.6. The maximum absolute atomic E-state index is 11.6. The van der Waals surface area contributed by atoms with Crippen molar-refractivity contribution < 1.29 is 4.79 Å². The molecule has 3 fully saturated rings. The Labute approximate surface area is 98.3 Å².